The molecule has 3 aromatic rings. The number of rotatable bonds is 6. The first-order valence-electron chi connectivity index (χ1n) is 9.34. The van der Waals surface area contributed by atoms with E-state index in [1.54, 1.807) is 12.3 Å². The minimum Gasteiger partial charge on any atom is -0.405 e. The van der Waals surface area contributed by atoms with Gasteiger partial charge in [-0.05, 0) is 47.5 Å². The highest BCUT2D eigenvalue weighted by Crippen LogP contribution is 2.35. The third-order valence-corrected chi connectivity index (χ3v) is 5.25. The average Bonchev–Trinajstić information content (AvgIpc) is 2.78. The zero-order chi connectivity index (χ0) is 23.7. The summed E-state index contributed by atoms with van der Waals surface area (Å²) in [5, 5.41) is 12.3. The molecule has 0 saturated carbocycles. The number of alkyl halides is 3. The smallest absolute Gasteiger partial charge is 0.405 e. The molecule has 2 N–H and O–H groups in total. The molecule has 0 bridgehead atoms. The summed E-state index contributed by atoms with van der Waals surface area (Å²) in [6, 6.07) is 17.5. The normalized spacial score (nSPS) is 11.7. The number of ether oxygens (including phenoxy) is 1. The number of para-hydroxylation sites is 1. The molecule has 0 radical (unpaired) electrons. The third-order valence-electron chi connectivity index (χ3n) is 4.31. The van der Waals surface area contributed by atoms with Gasteiger partial charge in [-0.2, -0.15) is 0 Å². The molecule has 3 rings (SSSR count). The summed E-state index contributed by atoms with van der Waals surface area (Å²) in [4.78, 5) is 11.6. The van der Waals surface area contributed by atoms with E-state index in [0.717, 1.165) is 10.6 Å². The van der Waals surface area contributed by atoms with Gasteiger partial charge in [0.25, 0.3) is 0 Å². The Hall–Kier alpha value is -3.17. The van der Waals surface area contributed by atoms with E-state index in [-0.39, 0.29) is 11.3 Å². The lowest BCUT2D eigenvalue weighted by molar-refractivity contribution is -0.274. The number of nitrogens with one attached hydrogen (secondary N) is 1. The molecule has 0 spiro atoms. The molecule has 170 valence electrons. The van der Waals surface area contributed by atoms with Crippen LogP contribution in [0, 0.1) is 0 Å². The van der Waals surface area contributed by atoms with Crippen molar-refractivity contribution in [3.05, 3.63) is 77.9 Å². The first kappa shape index (κ1) is 25.1. The number of aldehydes is 1. The molecule has 0 saturated heterocycles. The Kier molecular flexibility index (Phi) is 8.98. The van der Waals surface area contributed by atoms with Crippen molar-refractivity contribution in [2.75, 3.05) is 18.6 Å². The van der Waals surface area contributed by atoms with Crippen molar-refractivity contribution >= 4 is 22.8 Å². The summed E-state index contributed by atoms with van der Waals surface area (Å²) < 4.78 is 52.2. The Labute approximate surface area is 186 Å². The highest BCUT2D eigenvalue weighted by Gasteiger charge is 2.32. The summed E-state index contributed by atoms with van der Waals surface area (Å²) in [5.41, 5.74) is 2.29. The summed E-state index contributed by atoms with van der Waals surface area (Å²) in [5.74, 6) is -0.362. The number of aliphatic hydroxyl groups excluding tert-OH is 1. The number of aliphatic hydroxyl groups is 1. The topological polar surface area (TPSA) is 75.6 Å². The maximum absolute atomic E-state index is 12.4. The summed E-state index contributed by atoms with van der Waals surface area (Å²) >= 11 is 0. The average molecular weight is 465 g/mol. The molecule has 32 heavy (non-hydrogen) atoms. The van der Waals surface area contributed by atoms with E-state index in [2.05, 4.69) is 10.1 Å². The van der Waals surface area contributed by atoms with E-state index in [0.29, 0.717) is 23.0 Å². The van der Waals surface area contributed by atoms with E-state index in [4.69, 9.17) is 0 Å². The lowest BCUT2D eigenvalue weighted by atomic mass is 9.97. The quantitative estimate of drug-likeness (QED) is 0.500. The molecule has 9 heteroatoms. The van der Waals surface area contributed by atoms with E-state index < -0.39 is 23.8 Å². The first-order chi connectivity index (χ1) is 15.2. The van der Waals surface area contributed by atoms with Crippen LogP contribution in [0.4, 0.5) is 18.9 Å². The first-order valence-corrected chi connectivity index (χ1v) is 10.9. The molecule has 3 aromatic carbocycles. The van der Waals surface area contributed by atoms with Gasteiger partial charge in [-0.15, -0.1) is 13.2 Å². The van der Waals surface area contributed by atoms with Crippen molar-refractivity contribution in [1.82, 2.24) is 0 Å². The van der Waals surface area contributed by atoms with Crippen molar-refractivity contribution < 1.29 is 32.0 Å². The number of carbonyl (C=O) groups is 1. The van der Waals surface area contributed by atoms with Gasteiger partial charge < -0.3 is 15.2 Å². The molecule has 0 fully saturated rings. The predicted molar refractivity (Wildman–Crippen MR) is 118 cm³/mol. The van der Waals surface area contributed by atoms with Crippen molar-refractivity contribution in [2.24, 2.45) is 0 Å². The summed E-state index contributed by atoms with van der Waals surface area (Å²) in [7, 11) is 0.992. The molecule has 1 atom stereocenters. The Balaban J connectivity index is 0.000000278. The highest BCUT2D eigenvalue weighted by molar-refractivity contribution is 7.84. The molecule has 1 unspecified atom stereocenters. The Morgan fingerprint density at radius 3 is 2.22 bits per heavy atom. The number of anilines is 1. The van der Waals surface area contributed by atoms with Crippen LogP contribution in [0.1, 0.15) is 15.9 Å². The SMILES string of the molecule is CNc1ccc(S(C)=O)cc1.O=Cc1ccc(-c2ccccc2OC(F)(F)F)c(CO)c1. The molecule has 5 nitrogen and oxygen atoms in total. The zero-order valence-electron chi connectivity index (χ0n) is 17.3. The maximum atomic E-state index is 12.4. The predicted octanol–water partition coefficient (Wildman–Crippen LogP) is 5.02. The van der Waals surface area contributed by atoms with Crippen LogP contribution in [0.3, 0.4) is 0 Å². The van der Waals surface area contributed by atoms with Crippen molar-refractivity contribution in [2.45, 2.75) is 17.9 Å². The van der Waals surface area contributed by atoms with Gasteiger partial charge in [-0.25, -0.2) is 0 Å². The van der Waals surface area contributed by atoms with E-state index in [1.807, 2.05) is 31.3 Å². The van der Waals surface area contributed by atoms with Gasteiger partial charge in [0.05, 0.1) is 6.61 Å². The van der Waals surface area contributed by atoms with Crippen LogP contribution in [-0.4, -0.2) is 35.3 Å². The van der Waals surface area contributed by atoms with Crippen LogP contribution >= 0.6 is 0 Å². The molecule has 0 aliphatic rings. The lowest BCUT2D eigenvalue weighted by Gasteiger charge is -2.15. The molecule has 0 aromatic heterocycles. The van der Waals surface area contributed by atoms with Crippen molar-refractivity contribution in [1.29, 1.82) is 0 Å². The Morgan fingerprint density at radius 2 is 1.69 bits per heavy atom. The largest absolute Gasteiger partial charge is 0.573 e. The van der Waals surface area contributed by atoms with Gasteiger partial charge in [-0.1, -0.05) is 30.3 Å². The monoisotopic (exact) mass is 465 g/mol. The second kappa shape index (κ2) is 11.4. The molecular formula is C23H22F3NO4S. The number of benzene rings is 3. The van der Waals surface area contributed by atoms with Gasteiger partial charge in [0.1, 0.15) is 12.0 Å². The number of carbonyl (C=O) groups excluding carboxylic acids is 1. The van der Waals surface area contributed by atoms with Crippen LogP contribution in [0.15, 0.2) is 71.6 Å². The summed E-state index contributed by atoms with van der Waals surface area (Å²) in [6.45, 7) is -0.405. The summed E-state index contributed by atoms with van der Waals surface area (Å²) in [6.07, 6.45) is -2.53. The van der Waals surface area contributed by atoms with Gasteiger partial charge >= 0.3 is 6.36 Å². The molecule has 0 aliphatic carbocycles. The number of halogens is 3. The van der Waals surface area contributed by atoms with Crippen molar-refractivity contribution in [3.63, 3.8) is 0 Å². The van der Waals surface area contributed by atoms with E-state index in [9.17, 15) is 27.3 Å². The number of hydrogen-bond donors (Lipinski definition) is 2. The van der Waals surface area contributed by atoms with Gasteiger partial charge in [0.2, 0.25) is 0 Å². The van der Waals surface area contributed by atoms with Crippen molar-refractivity contribution in [3.8, 4) is 16.9 Å². The van der Waals surface area contributed by atoms with Crippen LogP contribution in [-0.2, 0) is 17.4 Å². The third kappa shape index (κ3) is 7.21. The lowest BCUT2D eigenvalue weighted by Crippen LogP contribution is -2.17. The van der Waals surface area contributed by atoms with Crippen LogP contribution in [0.2, 0.25) is 0 Å². The second-order valence-electron chi connectivity index (χ2n) is 6.47. The van der Waals surface area contributed by atoms with E-state index in [1.165, 1.54) is 36.4 Å². The molecular weight excluding hydrogens is 443 g/mol. The fraction of sp³-hybridized carbons (Fsp3) is 0.174. The highest BCUT2D eigenvalue weighted by atomic mass is 32.2. The molecule has 0 aliphatic heterocycles. The molecule has 0 amide bonds. The standard InChI is InChI=1S/C15H11F3O3.C8H11NOS/c16-15(17,18)21-14-4-2-1-3-13(14)12-6-5-10(8-19)7-11(12)9-20;1-9-7-3-5-8(6-4-7)11(2)10/h1-8,20H,9H2;3-6,9H,1-2H3. The minimum absolute atomic E-state index is 0.191. The van der Waals surface area contributed by atoms with E-state index >= 15 is 0 Å². The Morgan fingerprint density at radius 1 is 1.03 bits per heavy atom. The fourth-order valence-electron chi connectivity index (χ4n) is 2.80. The molecule has 0 heterocycles. The van der Waals surface area contributed by atoms with Crippen LogP contribution in [0.5, 0.6) is 5.75 Å². The van der Waals surface area contributed by atoms with Gasteiger partial charge in [-0.3, -0.25) is 9.00 Å². The minimum atomic E-state index is -4.81. The number of hydrogen-bond acceptors (Lipinski definition) is 5. The fourth-order valence-corrected chi connectivity index (χ4v) is 3.32. The second-order valence-corrected chi connectivity index (χ2v) is 7.84. The zero-order valence-corrected chi connectivity index (χ0v) is 18.2. The van der Waals surface area contributed by atoms with Gasteiger partial charge in [0.15, 0.2) is 0 Å². The van der Waals surface area contributed by atoms with Gasteiger partial charge in [0, 0.05) is 45.8 Å². The Bertz CT molecular complexity index is 1070. The maximum Gasteiger partial charge on any atom is 0.573 e. The van der Waals surface area contributed by atoms with Crippen LogP contribution in [0.25, 0.3) is 11.1 Å². The van der Waals surface area contributed by atoms with Crippen LogP contribution < -0.4 is 10.1 Å².